The van der Waals surface area contributed by atoms with Gasteiger partial charge in [0.2, 0.25) is 0 Å². The normalized spacial score (nSPS) is 16.8. The number of rotatable bonds is 2. The molecule has 1 aromatic rings. The molecule has 92 valence electrons. The van der Waals surface area contributed by atoms with E-state index in [0.717, 1.165) is 17.3 Å². The van der Waals surface area contributed by atoms with Crippen LogP contribution in [0.25, 0.3) is 0 Å². The van der Waals surface area contributed by atoms with Crippen LogP contribution in [0.4, 0.5) is 5.69 Å². The number of nitrogen functional groups attached to an aromatic ring is 1. The molecule has 0 heterocycles. The minimum absolute atomic E-state index is 0.0538. The zero-order valence-corrected chi connectivity index (χ0v) is 11.3. The first-order valence-corrected chi connectivity index (χ1v) is 6.82. The lowest BCUT2D eigenvalue weighted by atomic mass is 9.95. The van der Waals surface area contributed by atoms with Crippen LogP contribution in [0.1, 0.15) is 42.5 Å². The van der Waals surface area contributed by atoms with Gasteiger partial charge in [-0.15, -0.1) is 0 Å². The standard InChI is InChI=1S/C13H17BrN2O/c14-9-6-7-11(12(15)8-9)13(17)16-10-4-2-1-3-5-10/h6-8,10H,1-5,15H2,(H,16,17). The van der Waals surface area contributed by atoms with Crippen LogP contribution in [-0.4, -0.2) is 11.9 Å². The van der Waals surface area contributed by atoms with E-state index in [1.165, 1.54) is 19.3 Å². The monoisotopic (exact) mass is 296 g/mol. The lowest BCUT2D eigenvalue weighted by Crippen LogP contribution is -2.36. The van der Waals surface area contributed by atoms with E-state index < -0.39 is 0 Å². The van der Waals surface area contributed by atoms with Crippen molar-refractivity contribution in [1.82, 2.24) is 5.32 Å². The number of nitrogens with two attached hydrogens (primary N) is 1. The first-order valence-electron chi connectivity index (χ1n) is 6.02. The third-order valence-electron chi connectivity index (χ3n) is 3.20. The molecule has 0 unspecified atom stereocenters. The van der Waals surface area contributed by atoms with Crippen LogP contribution in [0, 0.1) is 0 Å². The number of carbonyl (C=O) groups excluding carboxylic acids is 1. The number of benzene rings is 1. The molecule has 1 saturated carbocycles. The third-order valence-corrected chi connectivity index (χ3v) is 3.69. The molecular weight excluding hydrogens is 280 g/mol. The van der Waals surface area contributed by atoms with Gasteiger partial charge in [0.25, 0.3) is 5.91 Å². The molecule has 1 aliphatic carbocycles. The molecule has 0 aliphatic heterocycles. The minimum Gasteiger partial charge on any atom is -0.398 e. The van der Waals surface area contributed by atoms with Gasteiger partial charge in [-0.25, -0.2) is 0 Å². The lowest BCUT2D eigenvalue weighted by molar-refractivity contribution is 0.0928. The molecule has 0 bridgehead atoms. The number of halogens is 1. The summed E-state index contributed by atoms with van der Waals surface area (Å²) in [7, 11) is 0. The smallest absolute Gasteiger partial charge is 0.253 e. The van der Waals surface area contributed by atoms with Crippen molar-refractivity contribution in [2.75, 3.05) is 5.73 Å². The SMILES string of the molecule is Nc1cc(Br)ccc1C(=O)NC1CCCCC1. The Bertz CT molecular complexity index is 414. The first kappa shape index (κ1) is 12.4. The first-order chi connectivity index (χ1) is 8.16. The summed E-state index contributed by atoms with van der Waals surface area (Å²) in [6.45, 7) is 0. The quantitative estimate of drug-likeness (QED) is 0.824. The largest absolute Gasteiger partial charge is 0.398 e. The molecule has 1 fully saturated rings. The van der Waals surface area contributed by atoms with Crippen LogP contribution in [0.15, 0.2) is 22.7 Å². The van der Waals surface area contributed by atoms with Crippen molar-refractivity contribution in [3.8, 4) is 0 Å². The molecule has 2 rings (SSSR count). The molecule has 0 radical (unpaired) electrons. The maximum atomic E-state index is 12.0. The van der Waals surface area contributed by atoms with E-state index in [2.05, 4.69) is 21.2 Å². The van der Waals surface area contributed by atoms with Crippen LogP contribution in [0.5, 0.6) is 0 Å². The molecule has 0 spiro atoms. The van der Waals surface area contributed by atoms with Crippen LogP contribution in [0.2, 0.25) is 0 Å². The summed E-state index contributed by atoms with van der Waals surface area (Å²) in [5.74, 6) is -0.0538. The van der Waals surface area contributed by atoms with Crippen molar-refractivity contribution < 1.29 is 4.79 Å². The highest BCUT2D eigenvalue weighted by atomic mass is 79.9. The van der Waals surface area contributed by atoms with E-state index in [9.17, 15) is 4.79 Å². The van der Waals surface area contributed by atoms with Crippen molar-refractivity contribution in [3.63, 3.8) is 0 Å². The fourth-order valence-electron chi connectivity index (χ4n) is 2.25. The highest BCUT2D eigenvalue weighted by Crippen LogP contribution is 2.21. The number of anilines is 1. The Morgan fingerprint density at radius 3 is 2.65 bits per heavy atom. The molecule has 3 N–H and O–H groups in total. The summed E-state index contributed by atoms with van der Waals surface area (Å²) in [6, 6.07) is 5.68. The predicted octanol–water partition coefficient (Wildman–Crippen LogP) is 3.09. The Hall–Kier alpha value is -1.03. The summed E-state index contributed by atoms with van der Waals surface area (Å²) in [5.41, 5.74) is 6.93. The van der Waals surface area contributed by atoms with Crippen LogP contribution in [-0.2, 0) is 0 Å². The Kier molecular flexibility index (Phi) is 4.05. The number of carbonyl (C=O) groups is 1. The van der Waals surface area contributed by atoms with Crippen molar-refractivity contribution in [2.24, 2.45) is 0 Å². The van der Waals surface area contributed by atoms with Gasteiger partial charge in [-0.3, -0.25) is 4.79 Å². The Labute approximate surface area is 110 Å². The number of hydrogen-bond acceptors (Lipinski definition) is 2. The van der Waals surface area contributed by atoms with Crippen molar-refractivity contribution in [1.29, 1.82) is 0 Å². The number of hydrogen-bond donors (Lipinski definition) is 2. The highest BCUT2D eigenvalue weighted by molar-refractivity contribution is 9.10. The number of amides is 1. The van der Waals surface area contributed by atoms with Gasteiger partial charge in [-0.05, 0) is 31.0 Å². The fourth-order valence-corrected chi connectivity index (χ4v) is 2.63. The third kappa shape index (κ3) is 3.22. The van der Waals surface area contributed by atoms with E-state index in [-0.39, 0.29) is 5.91 Å². The van der Waals surface area contributed by atoms with Crippen molar-refractivity contribution >= 4 is 27.5 Å². The van der Waals surface area contributed by atoms with Gasteiger partial charge in [0, 0.05) is 16.2 Å². The van der Waals surface area contributed by atoms with Crippen LogP contribution >= 0.6 is 15.9 Å². The topological polar surface area (TPSA) is 55.1 Å². The highest BCUT2D eigenvalue weighted by Gasteiger charge is 2.17. The molecule has 3 nitrogen and oxygen atoms in total. The van der Waals surface area contributed by atoms with E-state index in [1.807, 2.05) is 6.07 Å². The molecule has 1 amide bonds. The summed E-state index contributed by atoms with van der Waals surface area (Å²) in [5, 5.41) is 3.06. The zero-order valence-electron chi connectivity index (χ0n) is 9.71. The van der Waals surface area contributed by atoms with Gasteiger partial charge in [-0.1, -0.05) is 35.2 Å². The lowest BCUT2D eigenvalue weighted by Gasteiger charge is -2.23. The average molecular weight is 297 g/mol. The van der Waals surface area contributed by atoms with Gasteiger partial charge in [-0.2, -0.15) is 0 Å². The fraction of sp³-hybridized carbons (Fsp3) is 0.462. The molecule has 1 aliphatic rings. The molecule has 0 saturated heterocycles. The van der Waals surface area contributed by atoms with Gasteiger partial charge in [0.05, 0.1) is 5.56 Å². The van der Waals surface area contributed by atoms with E-state index in [4.69, 9.17) is 5.73 Å². The second-order valence-corrected chi connectivity index (χ2v) is 5.46. The van der Waals surface area contributed by atoms with Crippen LogP contribution < -0.4 is 11.1 Å². The maximum absolute atomic E-state index is 12.0. The Morgan fingerprint density at radius 2 is 2.00 bits per heavy atom. The Morgan fingerprint density at radius 1 is 1.29 bits per heavy atom. The number of nitrogens with one attached hydrogen (secondary N) is 1. The summed E-state index contributed by atoms with van der Waals surface area (Å²) < 4.78 is 0.893. The maximum Gasteiger partial charge on any atom is 0.253 e. The van der Waals surface area contributed by atoms with Gasteiger partial charge >= 0.3 is 0 Å². The van der Waals surface area contributed by atoms with E-state index in [0.29, 0.717) is 17.3 Å². The van der Waals surface area contributed by atoms with Crippen LogP contribution in [0.3, 0.4) is 0 Å². The molecule has 1 aromatic carbocycles. The van der Waals surface area contributed by atoms with Crippen molar-refractivity contribution in [3.05, 3.63) is 28.2 Å². The minimum atomic E-state index is -0.0538. The second kappa shape index (κ2) is 5.54. The predicted molar refractivity (Wildman–Crippen MR) is 72.9 cm³/mol. The molecular formula is C13H17BrN2O. The van der Waals surface area contributed by atoms with E-state index in [1.54, 1.807) is 12.1 Å². The molecule has 4 heteroatoms. The molecule has 0 aromatic heterocycles. The zero-order chi connectivity index (χ0) is 12.3. The second-order valence-electron chi connectivity index (χ2n) is 4.54. The van der Waals surface area contributed by atoms with Gasteiger partial charge in [0.1, 0.15) is 0 Å². The molecule has 0 atom stereocenters. The average Bonchev–Trinajstić information content (AvgIpc) is 2.30. The van der Waals surface area contributed by atoms with Gasteiger partial charge < -0.3 is 11.1 Å². The summed E-state index contributed by atoms with van der Waals surface area (Å²) >= 11 is 3.33. The van der Waals surface area contributed by atoms with Gasteiger partial charge in [0.15, 0.2) is 0 Å². The van der Waals surface area contributed by atoms with Crippen molar-refractivity contribution in [2.45, 2.75) is 38.1 Å². The molecule has 17 heavy (non-hydrogen) atoms. The summed E-state index contributed by atoms with van der Waals surface area (Å²) in [4.78, 5) is 12.0. The summed E-state index contributed by atoms with van der Waals surface area (Å²) in [6.07, 6.45) is 5.87. The Balaban J connectivity index is 2.03. The van der Waals surface area contributed by atoms with E-state index >= 15 is 0 Å².